The molecule has 0 aliphatic heterocycles. The molecule has 0 saturated carbocycles. The zero-order chi connectivity index (χ0) is 19.5. The van der Waals surface area contributed by atoms with Gasteiger partial charge in [0.2, 0.25) is 5.91 Å². The number of benzene rings is 2. The molecule has 0 spiro atoms. The standard InChI is InChI=1S/C21H18N4O3/c1-28-19-10-16(6-7-17(19)15-11-22-23-12-15)24-20(26)13-25-9-8-14-4-2-3-5-18(14)21(25)27/h2-12H,13H2,1H3,(H,22,23)(H,24,26). The number of fused-ring (bicyclic) bond motifs is 1. The van der Waals surface area contributed by atoms with Crippen molar-refractivity contribution in [2.45, 2.75) is 6.54 Å². The highest BCUT2D eigenvalue weighted by Gasteiger charge is 2.11. The maximum atomic E-state index is 12.5. The maximum absolute atomic E-state index is 12.5. The van der Waals surface area contributed by atoms with Gasteiger partial charge < -0.3 is 14.6 Å². The van der Waals surface area contributed by atoms with Crippen LogP contribution in [0.1, 0.15) is 0 Å². The van der Waals surface area contributed by atoms with Crippen molar-refractivity contribution < 1.29 is 9.53 Å². The van der Waals surface area contributed by atoms with Crippen LogP contribution in [0.25, 0.3) is 21.9 Å². The fraction of sp³-hybridized carbons (Fsp3) is 0.0952. The highest BCUT2D eigenvalue weighted by Crippen LogP contribution is 2.31. The van der Waals surface area contributed by atoms with Crippen LogP contribution in [-0.2, 0) is 11.3 Å². The Morgan fingerprint density at radius 1 is 1.21 bits per heavy atom. The van der Waals surface area contributed by atoms with Crippen molar-refractivity contribution in [3.63, 3.8) is 0 Å². The molecule has 2 aromatic carbocycles. The Hall–Kier alpha value is -3.87. The number of carbonyl (C=O) groups is 1. The molecule has 0 aliphatic carbocycles. The van der Waals surface area contributed by atoms with E-state index in [0.717, 1.165) is 16.5 Å². The smallest absolute Gasteiger partial charge is 0.258 e. The Morgan fingerprint density at radius 2 is 2.07 bits per heavy atom. The molecule has 2 heterocycles. The SMILES string of the molecule is COc1cc(NC(=O)Cn2ccc3ccccc3c2=O)ccc1-c1cn[nH]c1. The lowest BCUT2D eigenvalue weighted by Gasteiger charge is -2.12. The number of anilines is 1. The van der Waals surface area contributed by atoms with E-state index in [2.05, 4.69) is 15.5 Å². The third-order valence-corrected chi connectivity index (χ3v) is 4.49. The van der Waals surface area contributed by atoms with Gasteiger partial charge in [0, 0.05) is 40.7 Å². The number of nitrogens with zero attached hydrogens (tertiary/aromatic N) is 2. The molecule has 0 fully saturated rings. The van der Waals surface area contributed by atoms with Crippen molar-refractivity contribution in [3.05, 3.63) is 77.5 Å². The summed E-state index contributed by atoms with van der Waals surface area (Å²) in [4.78, 5) is 25.0. The first-order chi connectivity index (χ1) is 13.7. The summed E-state index contributed by atoms with van der Waals surface area (Å²) in [6, 6.07) is 14.5. The normalized spacial score (nSPS) is 10.8. The first-order valence-corrected chi connectivity index (χ1v) is 8.71. The molecule has 0 radical (unpaired) electrons. The highest BCUT2D eigenvalue weighted by atomic mass is 16.5. The van der Waals surface area contributed by atoms with Crippen molar-refractivity contribution in [2.24, 2.45) is 0 Å². The summed E-state index contributed by atoms with van der Waals surface area (Å²) in [6.45, 7) is -0.0739. The Kier molecular flexibility index (Phi) is 4.63. The Bertz CT molecular complexity index is 1200. The average molecular weight is 374 g/mol. The second kappa shape index (κ2) is 7.40. The van der Waals surface area contributed by atoms with Crippen molar-refractivity contribution in [1.29, 1.82) is 0 Å². The van der Waals surface area contributed by atoms with Crippen LogP contribution in [0.4, 0.5) is 5.69 Å². The summed E-state index contributed by atoms with van der Waals surface area (Å²) < 4.78 is 6.83. The minimum absolute atomic E-state index is 0.0739. The fourth-order valence-corrected chi connectivity index (χ4v) is 3.12. The van der Waals surface area contributed by atoms with E-state index < -0.39 is 0 Å². The number of ether oxygens (including phenoxy) is 1. The second-order valence-corrected chi connectivity index (χ2v) is 6.29. The zero-order valence-corrected chi connectivity index (χ0v) is 15.2. The molecule has 2 N–H and O–H groups in total. The number of rotatable bonds is 5. The van der Waals surface area contributed by atoms with Gasteiger partial charge in [-0.2, -0.15) is 5.10 Å². The van der Waals surface area contributed by atoms with Gasteiger partial charge in [-0.3, -0.25) is 14.7 Å². The lowest BCUT2D eigenvalue weighted by atomic mass is 10.1. The van der Waals surface area contributed by atoms with Gasteiger partial charge in [0.15, 0.2) is 0 Å². The van der Waals surface area contributed by atoms with Crippen molar-refractivity contribution in [1.82, 2.24) is 14.8 Å². The third kappa shape index (κ3) is 3.37. The quantitative estimate of drug-likeness (QED) is 0.562. The number of pyridine rings is 1. The van der Waals surface area contributed by atoms with E-state index in [1.54, 1.807) is 43.9 Å². The molecule has 4 rings (SSSR count). The van der Waals surface area contributed by atoms with Crippen molar-refractivity contribution >= 4 is 22.4 Å². The van der Waals surface area contributed by atoms with E-state index in [1.807, 2.05) is 30.3 Å². The highest BCUT2D eigenvalue weighted by molar-refractivity contribution is 5.92. The fourth-order valence-electron chi connectivity index (χ4n) is 3.12. The molecular formula is C21H18N4O3. The number of aromatic amines is 1. The van der Waals surface area contributed by atoms with Crippen LogP contribution in [0.2, 0.25) is 0 Å². The molecular weight excluding hydrogens is 356 g/mol. The predicted octanol–water partition coefficient (Wildman–Crippen LogP) is 3.04. The van der Waals surface area contributed by atoms with Gasteiger partial charge in [-0.15, -0.1) is 0 Å². The van der Waals surface area contributed by atoms with Crippen LogP contribution in [0, 0.1) is 0 Å². The number of hydrogen-bond acceptors (Lipinski definition) is 4. The minimum atomic E-state index is -0.296. The molecule has 4 aromatic rings. The van der Waals surface area contributed by atoms with Crippen molar-refractivity contribution in [2.75, 3.05) is 12.4 Å². The van der Waals surface area contributed by atoms with E-state index in [1.165, 1.54) is 4.57 Å². The van der Waals surface area contributed by atoms with Crippen LogP contribution in [0.15, 0.2) is 71.9 Å². The van der Waals surface area contributed by atoms with Crippen LogP contribution < -0.4 is 15.6 Å². The van der Waals surface area contributed by atoms with Gasteiger partial charge in [0.25, 0.3) is 5.56 Å². The number of nitrogens with one attached hydrogen (secondary N) is 2. The van der Waals surface area contributed by atoms with E-state index in [0.29, 0.717) is 16.8 Å². The molecule has 0 aliphatic rings. The molecule has 7 heteroatoms. The lowest BCUT2D eigenvalue weighted by molar-refractivity contribution is -0.116. The first kappa shape index (κ1) is 17.5. The van der Waals surface area contributed by atoms with Gasteiger partial charge in [0.05, 0.1) is 13.3 Å². The molecule has 0 bridgehead atoms. The number of H-pyrrole nitrogens is 1. The molecule has 2 aromatic heterocycles. The third-order valence-electron chi connectivity index (χ3n) is 4.49. The predicted molar refractivity (Wildman–Crippen MR) is 107 cm³/mol. The summed E-state index contributed by atoms with van der Waals surface area (Å²) in [5.41, 5.74) is 2.14. The van der Waals surface area contributed by atoms with E-state index in [9.17, 15) is 9.59 Å². The summed E-state index contributed by atoms with van der Waals surface area (Å²) in [7, 11) is 1.57. The molecule has 0 saturated heterocycles. The van der Waals surface area contributed by atoms with E-state index in [-0.39, 0.29) is 18.0 Å². The number of aromatic nitrogens is 3. The Morgan fingerprint density at radius 3 is 2.86 bits per heavy atom. The number of hydrogen-bond donors (Lipinski definition) is 2. The van der Waals surface area contributed by atoms with Gasteiger partial charge >= 0.3 is 0 Å². The molecule has 140 valence electrons. The summed E-state index contributed by atoms with van der Waals surface area (Å²) in [5, 5.41) is 11.0. The van der Waals surface area contributed by atoms with Crippen LogP contribution in [0.5, 0.6) is 5.75 Å². The van der Waals surface area contributed by atoms with Crippen LogP contribution in [-0.4, -0.2) is 27.8 Å². The molecule has 1 amide bonds. The summed E-state index contributed by atoms with van der Waals surface area (Å²) in [6.07, 6.45) is 5.09. The molecule has 0 atom stereocenters. The van der Waals surface area contributed by atoms with E-state index >= 15 is 0 Å². The topological polar surface area (TPSA) is 89.0 Å². The monoisotopic (exact) mass is 374 g/mol. The second-order valence-electron chi connectivity index (χ2n) is 6.29. The Balaban J connectivity index is 1.54. The van der Waals surface area contributed by atoms with Gasteiger partial charge in [0.1, 0.15) is 12.3 Å². The Labute approximate surface area is 160 Å². The van der Waals surface area contributed by atoms with E-state index in [4.69, 9.17) is 4.74 Å². The summed E-state index contributed by atoms with van der Waals surface area (Å²) in [5.74, 6) is 0.317. The minimum Gasteiger partial charge on any atom is -0.496 e. The number of amides is 1. The van der Waals surface area contributed by atoms with Gasteiger partial charge in [-0.1, -0.05) is 18.2 Å². The van der Waals surface area contributed by atoms with Crippen molar-refractivity contribution in [3.8, 4) is 16.9 Å². The van der Waals surface area contributed by atoms with Crippen LogP contribution in [0.3, 0.4) is 0 Å². The maximum Gasteiger partial charge on any atom is 0.258 e. The summed E-state index contributed by atoms with van der Waals surface area (Å²) >= 11 is 0. The molecule has 28 heavy (non-hydrogen) atoms. The van der Waals surface area contributed by atoms with Gasteiger partial charge in [-0.05, 0) is 29.7 Å². The molecule has 7 nitrogen and oxygen atoms in total. The average Bonchev–Trinajstić information content (AvgIpc) is 3.25. The van der Waals surface area contributed by atoms with Gasteiger partial charge in [-0.25, -0.2) is 0 Å². The van der Waals surface area contributed by atoms with Crippen LogP contribution >= 0.6 is 0 Å². The largest absolute Gasteiger partial charge is 0.496 e. The first-order valence-electron chi connectivity index (χ1n) is 8.71. The number of methoxy groups -OCH3 is 1. The number of carbonyl (C=O) groups excluding carboxylic acids is 1. The zero-order valence-electron chi connectivity index (χ0n) is 15.2. The lowest BCUT2D eigenvalue weighted by Crippen LogP contribution is -2.27. The molecule has 0 unspecified atom stereocenters.